The number of nitrogens with zero attached hydrogens (tertiary/aromatic N) is 4. The van der Waals surface area contributed by atoms with Crippen LogP contribution in [0.2, 0.25) is 0 Å². The van der Waals surface area contributed by atoms with Gasteiger partial charge in [-0.2, -0.15) is 19.2 Å². The molecule has 0 saturated heterocycles. The number of ether oxygens (including phenoxy) is 4. The molecule has 4 aliphatic rings. The number of hydrogen-bond donors (Lipinski definition) is 2. The largest absolute Gasteiger partial charge is 0.477 e. The summed E-state index contributed by atoms with van der Waals surface area (Å²) in [6, 6.07) is 8.01. The number of aryl methyl sites for hydroxylation is 2. The van der Waals surface area contributed by atoms with E-state index in [1.165, 1.54) is 53.3 Å². The van der Waals surface area contributed by atoms with Crippen LogP contribution < -0.4 is 0 Å². The number of aromatic carboxylic acids is 2. The summed E-state index contributed by atoms with van der Waals surface area (Å²) in [4.78, 5) is 119. The van der Waals surface area contributed by atoms with Crippen LogP contribution >= 0.6 is 45.3 Å². The second-order valence-corrected chi connectivity index (χ2v) is 29.0. The molecule has 4 unspecified atom stereocenters. The van der Waals surface area contributed by atoms with Crippen LogP contribution in [-0.4, -0.2) is 126 Å². The van der Waals surface area contributed by atoms with Crippen molar-refractivity contribution in [2.45, 2.75) is 223 Å². The first-order valence-corrected chi connectivity index (χ1v) is 31.0. The van der Waals surface area contributed by atoms with Crippen molar-refractivity contribution < 1.29 is 77.1 Å². The van der Waals surface area contributed by atoms with Gasteiger partial charge in [-0.05, 0) is 183 Å². The molecule has 4 aromatic heterocycles. The average molecular weight is 1250 g/mol. The summed E-state index contributed by atoms with van der Waals surface area (Å²) in [5.74, 6) is -1.83. The molecule has 0 fully saturated rings. The summed E-state index contributed by atoms with van der Waals surface area (Å²) >= 11 is 6.37. The summed E-state index contributed by atoms with van der Waals surface area (Å²) in [7, 11) is 0. The third-order valence-electron chi connectivity index (χ3n) is 12.9. The summed E-state index contributed by atoms with van der Waals surface area (Å²) in [6.45, 7) is 37.2. The Morgan fingerprint density at radius 3 is 1.14 bits per heavy atom. The fraction of sp³-hybridized carbons (Fsp3) is 0.600. The Balaban J connectivity index is 0.000000284. The molecule has 4 aliphatic heterocycles. The van der Waals surface area contributed by atoms with Crippen LogP contribution in [0.15, 0.2) is 24.3 Å². The first-order chi connectivity index (χ1) is 38.8. The fourth-order valence-electron chi connectivity index (χ4n) is 9.08. The lowest BCUT2D eigenvalue weighted by atomic mass is 10.0. The molecule has 24 heteroatoms. The molecule has 4 atom stereocenters. The SMILES string of the molecule is CC1Cc2sc(C(=O)O)cc2CN1C(=O)OC(C)(C)C.CC1c2cc(C(=O)O)sc2CCN1C(=O)OC(C)(C)C.CCc1cc2c(s1)CC(C)N(C(=O)OC(C)(C)C)C2.CCc1cc2c(s1)CCN(C(=O)OC(C)(C)C)C2C.O=C=O.O=C=O. The number of fused-ring (bicyclic) bond motifs is 4. The van der Waals surface area contributed by atoms with E-state index in [1.807, 2.05) is 129 Å². The van der Waals surface area contributed by atoms with E-state index in [4.69, 9.17) is 48.3 Å². The second kappa shape index (κ2) is 30.6. The third kappa shape index (κ3) is 21.6. The fourth-order valence-corrected chi connectivity index (χ4v) is 13.7. The van der Waals surface area contributed by atoms with Crippen LogP contribution in [0.1, 0.15) is 208 Å². The minimum Gasteiger partial charge on any atom is -0.477 e. The van der Waals surface area contributed by atoms with Crippen LogP contribution in [0.25, 0.3) is 0 Å². The van der Waals surface area contributed by atoms with Crippen molar-refractivity contribution in [2.75, 3.05) is 13.1 Å². The van der Waals surface area contributed by atoms with Gasteiger partial charge in [0.1, 0.15) is 32.2 Å². The molecule has 4 amide bonds. The average Bonchev–Trinajstić information content (AvgIpc) is 4.19. The smallest absolute Gasteiger partial charge is 0.410 e. The van der Waals surface area contributed by atoms with Crippen LogP contribution in [0.5, 0.6) is 0 Å². The van der Waals surface area contributed by atoms with Crippen LogP contribution in [0.3, 0.4) is 0 Å². The van der Waals surface area contributed by atoms with E-state index in [1.54, 1.807) is 21.9 Å². The zero-order valence-corrected chi connectivity index (χ0v) is 55.0. The zero-order chi connectivity index (χ0) is 64.0. The maximum absolute atomic E-state index is 12.2. The van der Waals surface area contributed by atoms with Gasteiger partial charge in [-0.1, -0.05) is 13.8 Å². The second-order valence-electron chi connectivity index (χ2n) is 24.3. The molecule has 0 aliphatic carbocycles. The quantitative estimate of drug-likeness (QED) is 0.180. The number of thiophene rings is 4. The van der Waals surface area contributed by atoms with Crippen molar-refractivity contribution in [1.82, 2.24) is 19.6 Å². The van der Waals surface area contributed by atoms with E-state index >= 15 is 0 Å². The summed E-state index contributed by atoms with van der Waals surface area (Å²) in [5, 5.41) is 18.1. The van der Waals surface area contributed by atoms with Crippen molar-refractivity contribution in [3.8, 4) is 0 Å². The van der Waals surface area contributed by atoms with Gasteiger partial charge >= 0.3 is 48.6 Å². The Morgan fingerprint density at radius 1 is 0.476 bits per heavy atom. The molecule has 464 valence electrons. The van der Waals surface area contributed by atoms with Gasteiger partial charge in [-0.25, -0.2) is 28.8 Å². The first kappa shape index (κ1) is 71.8. The molecule has 8 heterocycles. The van der Waals surface area contributed by atoms with Crippen LogP contribution in [0, 0.1) is 0 Å². The predicted octanol–water partition coefficient (Wildman–Crippen LogP) is 13.4. The molecule has 8 rings (SSSR count). The summed E-state index contributed by atoms with van der Waals surface area (Å²) < 4.78 is 21.8. The van der Waals surface area contributed by atoms with Gasteiger partial charge in [0, 0.05) is 67.3 Å². The van der Waals surface area contributed by atoms with Gasteiger partial charge in [0.05, 0.1) is 25.2 Å². The number of carboxylic acids is 2. The van der Waals surface area contributed by atoms with Crippen LogP contribution in [0.4, 0.5) is 19.2 Å². The van der Waals surface area contributed by atoms with Crippen molar-refractivity contribution in [3.63, 3.8) is 0 Å². The van der Waals surface area contributed by atoms with E-state index in [2.05, 4.69) is 39.8 Å². The van der Waals surface area contributed by atoms with Crippen molar-refractivity contribution in [1.29, 1.82) is 0 Å². The van der Waals surface area contributed by atoms with Gasteiger partial charge in [-0.15, -0.1) is 45.3 Å². The zero-order valence-electron chi connectivity index (χ0n) is 51.7. The molecule has 20 nitrogen and oxygen atoms in total. The number of hydrogen-bond acceptors (Lipinski definition) is 18. The molecular weight excluding hydrogens is 1160 g/mol. The highest BCUT2D eigenvalue weighted by atomic mass is 32.1. The van der Waals surface area contributed by atoms with Crippen molar-refractivity contribution in [2.24, 2.45) is 0 Å². The lowest BCUT2D eigenvalue weighted by Crippen LogP contribution is -2.44. The molecule has 0 bridgehead atoms. The number of carboxylic acid groups (broad SMARTS) is 2. The van der Waals surface area contributed by atoms with Gasteiger partial charge < -0.3 is 48.8 Å². The molecule has 84 heavy (non-hydrogen) atoms. The van der Waals surface area contributed by atoms with E-state index in [0.29, 0.717) is 42.2 Å². The normalized spacial score (nSPS) is 17.7. The highest BCUT2D eigenvalue weighted by molar-refractivity contribution is 7.14. The molecule has 0 saturated carbocycles. The number of rotatable bonds is 4. The Hall–Kier alpha value is -6.42. The lowest BCUT2D eigenvalue weighted by Gasteiger charge is -2.34. The third-order valence-corrected chi connectivity index (χ3v) is 18.0. The summed E-state index contributed by atoms with van der Waals surface area (Å²) in [6.07, 6.45) is 4.78. The van der Waals surface area contributed by atoms with Gasteiger partial charge in [-0.3, -0.25) is 0 Å². The van der Waals surface area contributed by atoms with Gasteiger partial charge in [0.15, 0.2) is 0 Å². The van der Waals surface area contributed by atoms with Gasteiger partial charge in [0.25, 0.3) is 0 Å². The monoisotopic (exact) mass is 1240 g/mol. The standard InChI is InChI=1S/2C15H23NO2S.2C14H19NO4S.2CO2/c1-6-12-8-11-9-16(10(2)7-13(11)19-12)14(17)18-15(3,4)5;1-6-11-9-12-10(2)16(8-7-13(12)19-11)14(17)18-15(3,4)5;1-8-5-10-9(6-11(20-10)12(16)17)7-15(8)13(18)19-14(2,3)4;1-8-9-7-11(12(16)17)20-10(9)5-6-15(8)13(18)19-14(2,3)4;2*2-1-3/h8,10H,6-7,9H2,1-5H3;9-10H,6-8H2,1-5H3;6,8H,5,7H2,1-4H3,(H,16,17);7-8H,5-6H2,1-4H3,(H,16,17);;. The molecule has 0 spiro atoms. The molecule has 0 radical (unpaired) electrons. The minimum absolute atomic E-state index is 0.0117. The maximum atomic E-state index is 12.2. The summed E-state index contributed by atoms with van der Waals surface area (Å²) in [5.41, 5.74) is 2.52. The number of amides is 4. The number of carbonyl (C=O) groups is 6. The van der Waals surface area contributed by atoms with Crippen molar-refractivity contribution in [3.05, 3.63) is 85.5 Å². The minimum atomic E-state index is -0.916. The van der Waals surface area contributed by atoms with E-state index in [-0.39, 0.29) is 60.8 Å². The lowest BCUT2D eigenvalue weighted by molar-refractivity contribution is -0.193. The predicted molar refractivity (Wildman–Crippen MR) is 320 cm³/mol. The Bertz CT molecular complexity index is 2920. The topological polar surface area (TPSA) is 261 Å². The molecule has 0 aromatic carbocycles. The Kier molecular flexibility index (Phi) is 26.2. The van der Waals surface area contributed by atoms with Crippen molar-refractivity contribution >= 4 is 94.0 Å². The Labute approximate surface area is 509 Å². The van der Waals surface area contributed by atoms with E-state index < -0.39 is 34.3 Å². The highest BCUT2D eigenvalue weighted by Crippen LogP contribution is 2.39. The molecule has 2 N–H and O–H groups in total. The van der Waals surface area contributed by atoms with E-state index in [9.17, 15) is 28.8 Å². The molecule has 4 aromatic rings. The Morgan fingerprint density at radius 2 is 0.774 bits per heavy atom. The van der Waals surface area contributed by atoms with Crippen LogP contribution in [-0.2, 0) is 89.7 Å². The van der Waals surface area contributed by atoms with Gasteiger partial charge in [0.2, 0.25) is 0 Å². The number of carbonyl (C=O) groups excluding carboxylic acids is 8. The first-order valence-electron chi connectivity index (χ1n) is 27.7. The molecular formula is C60H84N4O16S4. The highest BCUT2D eigenvalue weighted by Gasteiger charge is 2.36. The maximum Gasteiger partial charge on any atom is 0.410 e. The van der Waals surface area contributed by atoms with E-state index in [0.717, 1.165) is 53.1 Å².